The van der Waals surface area contributed by atoms with E-state index in [4.69, 9.17) is 0 Å². The summed E-state index contributed by atoms with van der Waals surface area (Å²) in [7, 11) is 0. The minimum absolute atomic E-state index is 0.110. The second-order valence-corrected chi connectivity index (χ2v) is 4.77. The largest absolute Gasteiger partial charge is 0.393 e. The summed E-state index contributed by atoms with van der Waals surface area (Å²) in [6.07, 6.45) is 6.13. The topological polar surface area (TPSA) is 52.5 Å². The van der Waals surface area contributed by atoms with Crippen molar-refractivity contribution in [3.05, 3.63) is 0 Å². The van der Waals surface area contributed by atoms with Gasteiger partial charge in [-0.3, -0.25) is 0 Å². The molecule has 2 aliphatic carbocycles. The van der Waals surface area contributed by atoms with Gasteiger partial charge in [0, 0.05) is 12.6 Å². The molecule has 0 aromatic carbocycles. The van der Waals surface area contributed by atoms with E-state index in [2.05, 4.69) is 5.32 Å². The normalized spacial score (nSPS) is 43.3. The van der Waals surface area contributed by atoms with Crippen LogP contribution in [0.5, 0.6) is 0 Å². The molecule has 0 spiro atoms. The predicted octanol–water partition coefficient (Wildman–Crippen LogP) is 0.650. The van der Waals surface area contributed by atoms with Crippen LogP contribution in [-0.4, -0.2) is 35.0 Å². The van der Waals surface area contributed by atoms with Crippen LogP contribution in [0.4, 0.5) is 0 Å². The Morgan fingerprint density at radius 3 is 2.21 bits per heavy atom. The van der Waals surface area contributed by atoms with Crippen molar-refractivity contribution in [1.82, 2.24) is 5.32 Å². The Morgan fingerprint density at radius 1 is 0.929 bits per heavy atom. The van der Waals surface area contributed by atoms with Gasteiger partial charge in [-0.2, -0.15) is 0 Å². The summed E-state index contributed by atoms with van der Waals surface area (Å²) in [4.78, 5) is 0. The first-order valence-corrected chi connectivity index (χ1v) is 5.87. The zero-order valence-corrected chi connectivity index (χ0v) is 8.65. The van der Waals surface area contributed by atoms with Crippen molar-refractivity contribution >= 4 is 0 Å². The third-order valence-corrected chi connectivity index (χ3v) is 3.74. The molecule has 2 saturated carbocycles. The van der Waals surface area contributed by atoms with Crippen molar-refractivity contribution in [3.63, 3.8) is 0 Å². The molecule has 2 unspecified atom stereocenters. The van der Waals surface area contributed by atoms with Crippen molar-refractivity contribution in [3.8, 4) is 0 Å². The van der Waals surface area contributed by atoms with Gasteiger partial charge in [-0.1, -0.05) is 6.42 Å². The molecule has 0 aromatic rings. The Morgan fingerprint density at radius 2 is 1.64 bits per heavy atom. The average molecular weight is 199 g/mol. The molecule has 0 saturated heterocycles. The maximum Gasteiger partial charge on any atom is 0.0693 e. The van der Waals surface area contributed by atoms with Gasteiger partial charge in [-0.25, -0.2) is 0 Å². The predicted molar refractivity (Wildman–Crippen MR) is 55.0 cm³/mol. The quantitative estimate of drug-likeness (QED) is 0.625. The Balaban J connectivity index is 1.71. The Labute approximate surface area is 85.5 Å². The Hall–Kier alpha value is -0.120. The van der Waals surface area contributed by atoms with Gasteiger partial charge in [0.1, 0.15) is 0 Å². The maximum atomic E-state index is 9.63. The minimum atomic E-state index is -0.159. The monoisotopic (exact) mass is 199 g/mol. The summed E-state index contributed by atoms with van der Waals surface area (Å²) in [5.74, 6) is 0.419. The first-order valence-electron chi connectivity index (χ1n) is 5.87. The van der Waals surface area contributed by atoms with Crippen LogP contribution in [0.2, 0.25) is 0 Å². The molecule has 82 valence electrons. The number of aliphatic hydroxyl groups excluding tert-OH is 2. The van der Waals surface area contributed by atoms with Gasteiger partial charge in [-0.15, -0.1) is 0 Å². The number of hydrogen-bond acceptors (Lipinski definition) is 3. The molecular weight excluding hydrogens is 178 g/mol. The smallest absolute Gasteiger partial charge is 0.0693 e. The molecule has 0 bridgehead atoms. The highest BCUT2D eigenvalue weighted by molar-refractivity contribution is 4.85. The van der Waals surface area contributed by atoms with Crippen LogP contribution in [0.25, 0.3) is 0 Å². The van der Waals surface area contributed by atoms with Gasteiger partial charge in [0.25, 0.3) is 0 Å². The molecule has 0 amide bonds. The van der Waals surface area contributed by atoms with E-state index >= 15 is 0 Å². The summed E-state index contributed by atoms with van der Waals surface area (Å²) >= 11 is 0. The van der Waals surface area contributed by atoms with E-state index in [0.29, 0.717) is 5.92 Å². The molecule has 3 nitrogen and oxygen atoms in total. The number of aliphatic hydroxyl groups is 2. The lowest BCUT2D eigenvalue weighted by Gasteiger charge is -2.21. The lowest BCUT2D eigenvalue weighted by molar-refractivity contribution is 0.115. The fourth-order valence-corrected chi connectivity index (χ4v) is 2.74. The first-order chi connectivity index (χ1) is 6.77. The zero-order valence-electron chi connectivity index (χ0n) is 8.65. The van der Waals surface area contributed by atoms with Crippen LogP contribution in [0.3, 0.4) is 0 Å². The molecule has 2 rings (SSSR count). The van der Waals surface area contributed by atoms with Gasteiger partial charge in [0.15, 0.2) is 0 Å². The zero-order chi connectivity index (χ0) is 9.97. The lowest BCUT2D eigenvalue weighted by atomic mass is 10.1. The molecule has 14 heavy (non-hydrogen) atoms. The highest BCUT2D eigenvalue weighted by Crippen LogP contribution is 2.26. The van der Waals surface area contributed by atoms with Crippen molar-refractivity contribution in [2.24, 2.45) is 5.92 Å². The molecule has 0 heterocycles. The van der Waals surface area contributed by atoms with E-state index in [1.54, 1.807) is 0 Å². The minimum Gasteiger partial charge on any atom is -0.393 e. The second-order valence-electron chi connectivity index (χ2n) is 4.77. The molecule has 2 aliphatic rings. The number of rotatable bonds is 3. The van der Waals surface area contributed by atoms with E-state index in [9.17, 15) is 10.2 Å². The van der Waals surface area contributed by atoms with Crippen LogP contribution in [0.15, 0.2) is 0 Å². The van der Waals surface area contributed by atoms with E-state index in [1.807, 2.05) is 0 Å². The molecule has 0 aliphatic heterocycles. The van der Waals surface area contributed by atoms with E-state index < -0.39 is 0 Å². The summed E-state index contributed by atoms with van der Waals surface area (Å²) in [5.41, 5.74) is 0. The maximum absolute atomic E-state index is 9.63. The van der Waals surface area contributed by atoms with E-state index in [0.717, 1.165) is 45.1 Å². The van der Waals surface area contributed by atoms with Crippen molar-refractivity contribution in [2.75, 3.05) is 6.54 Å². The van der Waals surface area contributed by atoms with Crippen LogP contribution in [0.1, 0.15) is 38.5 Å². The third-order valence-electron chi connectivity index (χ3n) is 3.74. The molecule has 3 heteroatoms. The van der Waals surface area contributed by atoms with E-state index in [-0.39, 0.29) is 18.2 Å². The van der Waals surface area contributed by atoms with Crippen molar-refractivity contribution in [1.29, 1.82) is 0 Å². The highest BCUT2D eigenvalue weighted by atomic mass is 16.3. The first kappa shape index (κ1) is 10.4. The highest BCUT2D eigenvalue weighted by Gasteiger charge is 2.29. The third kappa shape index (κ3) is 2.27. The molecule has 4 atom stereocenters. The molecule has 2 fully saturated rings. The second kappa shape index (κ2) is 4.60. The van der Waals surface area contributed by atoms with Crippen LogP contribution in [-0.2, 0) is 0 Å². The Kier molecular flexibility index (Phi) is 3.42. The van der Waals surface area contributed by atoms with Gasteiger partial charge in [-0.05, 0) is 38.0 Å². The fourth-order valence-electron chi connectivity index (χ4n) is 2.74. The van der Waals surface area contributed by atoms with Crippen LogP contribution in [0, 0.1) is 5.92 Å². The summed E-state index contributed by atoms with van der Waals surface area (Å²) in [6, 6.07) is 0.280. The molecule has 0 radical (unpaired) electrons. The standard InChI is InChI=1S/C11H21NO2/c13-10-5-1-3-8(10)7-12-9-4-2-6-11(9)14/h8-14H,1-7H2/t8?,9-,10?,11-/m1/s1. The molecule has 0 aromatic heterocycles. The molecule has 3 N–H and O–H groups in total. The van der Waals surface area contributed by atoms with Crippen molar-refractivity contribution in [2.45, 2.75) is 56.8 Å². The van der Waals surface area contributed by atoms with Crippen LogP contribution >= 0.6 is 0 Å². The Bertz CT molecular complexity index is 166. The lowest BCUT2D eigenvalue weighted by Crippen LogP contribution is -2.40. The number of hydrogen-bond donors (Lipinski definition) is 3. The van der Waals surface area contributed by atoms with Crippen molar-refractivity contribution < 1.29 is 10.2 Å². The van der Waals surface area contributed by atoms with E-state index in [1.165, 1.54) is 0 Å². The summed E-state index contributed by atoms with van der Waals surface area (Å²) < 4.78 is 0. The molecular formula is C11H21NO2. The van der Waals surface area contributed by atoms with Gasteiger partial charge in [0.2, 0.25) is 0 Å². The SMILES string of the molecule is OC1CCCC1CN[C@@H]1CCC[C@H]1O. The van der Waals surface area contributed by atoms with Gasteiger partial charge < -0.3 is 15.5 Å². The van der Waals surface area contributed by atoms with Gasteiger partial charge in [0.05, 0.1) is 12.2 Å². The summed E-state index contributed by atoms with van der Waals surface area (Å²) in [5, 5.41) is 22.6. The van der Waals surface area contributed by atoms with Crippen LogP contribution < -0.4 is 5.32 Å². The fraction of sp³-hybridized carbons (Fsp3) is 1.00. The van der Waals surface area contributed by atoms with Gasteiger partial charge >= 0.3 is 0 Å². The summed E-state index contributed by atoms with van der Waals surface area (Å²) in [6.45, 7) is 0.878. The number of nitrogens with one attached hydrogen (secondary N) is 1. The average Bonchev–Trinajstić information content (AvgIpc) is 2.72.